The van der Waals surface area contributed by atoms with Crippen molar-refractivity contribution in [2.45, 2.75) is 71.1 Å². The van der Waals surface area contributed by atoms with Crippen LogP contribution in [0.5, 0.6) is 0 Å². The van der Waals surface area contributed by atoms with Gasteiger partial charge in [0, 0.05) is 38.5 Å². The molecular weight excluding hydrogens is 320 g/mol. The number of nitrogens with zero attached hydrogens (tertiary/aromatic N) is 2. The Morgan fingerprint density at radius 3 is 2.42 bits per heavy atom. The highest BCUT2D eigenvalue weighted by atomic mass is 32.1. The fourth-order valence-corrected chi connectivity index (χ4v) is 4.33. The fourth-order valence-electron chi connectivity index (χ4n) is 3.92. The maximum atomic E-state index is 13.0. The third-order valence-electron chi connectivity index (χ3n) is 5.57. The molecule has 1 amide bonds. The van der Waals surface area contributed by atoms with Crippen LogP contribution < -0.4 is 10.6 Å². The average molecular weight is 353 g/mol. The summed E-state index contributed by atoms with van der Waals surface area (Å²) in [7, 11) is 0. The molecule has 136 valence electrons. The molecule has 0 aromatic carbocycles. The molecule has 1 unspecified atom stereocenters. The molecule has 0 aromatic rings. The van der Waals surface area contributed by atoms with Gasteiger partial charge in [0.15, 0.2) is 5.11 Å². The zero-order chi connectivity index (χ0) is 17.5. The molecule has 3 rings (SSSR count). The summed E-state index contributed by atoms with van der Waals surface area (Å²) < 4.78 is 0. The predicted octanol–water partition coefficient (Wildman–Crippen LogP) is 1.93. The van der Waals surface area contributed by atoms with Gasteiger partial charge in [-0.3, -0.25) is 10.1 Å². The van der Waals surface area contributed by atoms with Crippen LogP contribution in [-0.4, -0.2) is 58.2 Å². The summed E-state index contributed by atoms with van der Waals surface area (Å²) in [6.45, 7) is 11.2. The van der Waals surface area contributed by atoms with Crippen molar-refractivity contribution >= 4 is 23.2 Å². The highest BCUT2D eigenvalue weighted by Gasteiger charge is 2.53. The van der Waals surface area contributed by atoms with E-state index < -0.39 is 0 Å². The van der Waals surface area contributed by atoms with E-state index in [1.807, 2.05) is 0 Å². The lowest BCUT2D eigenvalue weighted by Crippen LogP contribution is -2.61. The molecule has 1 atom stereocenters. The van der Waals surface area contributed by atoms with Crippen molar-refractivity contribution in [1.29, 1.82) is 0 Å². The topological polar surface area (TPSA) is 47.6 Å². The molecule has 3 aliphatic rings. The number of rotatable bonds is 4. The standard InChI is InChI=1S/C18H32N4OS/c1-12(2)15-16(23)22(11-14-5-6-14)18(20-15)7-9-21(10-8-18)17(24)19-13(3)4/h12-15,20H,5-11H2,1-4H3,(H,19,24). The minimum Gasteiger partial charge on any atom is -0.360 e. The van der Waals surface area contributed by atoms with E-state index >= 15 is 0 Å². The van der Waals surface area contributed by atoms with Crippen LogP contribution in [0.4, 0.5) is 0 Å². The highest BCUT2D eigenvalue weighted by molar-refractivity contribution is 7.80. The van der Waals surface area contributed by atoms with E-state index in [1.54, 1.807) is 0 Å². The lowest BCUT2D eigenvalue weighted by Gasteiger charge is -2.45. The van der Waals surface area contributed by atoms with Crippen LogP contribution in [0.1, 0.15) is 53.4 Å². The van der Waals surface area contributed by atoms with E-state index in [-0.39, 0.29) is 11.7 Å². The Morgan fingerprint density at radius 1 is 1.29 bits per heavy atom. The summed E-state index contributed by atoms with van der Waals surface area (Å²) in [6, 6.07) is 0.326. The van der Waals surface area contributed by atoms with Gasteiger partial charge in [0.05, 0.1) is 11.7 Å². The largest absolute Gasteiger partial charge is 0.360 e. The second-order valence-electron chi connectivity index (χ2n) is 8.38. The number of thiocarbonyl (C=S) groups is 1. The smallest absolute Gasteiger partial charge is 0.241 e. The number of carbonyl (C=O) groups excluding carboxylic acids is 1. The van der Waals surface area contributed by atoms with Crippen molar-refractivity contribution in [2.24, 2.45) is 11.8 Å². The predicted molar refractivity (Wildman–Crippen MR) is 101 cm³/mol. The minimum absolute atomic E-state index is 0.0314. The molecule has 2 aliphatic heterocycles. The van der Waals surface area contributed by atoms with Crippen molar-refractivity contribution in [2.75, 3.05) is 19.6 Å². The lowest BCUT2D eigenvalue weighted by molar-refractivity contribution is -0.134. The second kappa shape index (κ2) is 6.79. The second-order valence-corrected chi connectivity index (χ2v) is 8.77. The monoisotopic (exact) mass is 352 g/mol. The van der Waals surface area contributed by atoms with Crippen LogP contribution in [0.15, 0.2) is 0 Å². The average Bonchev–Trinajstić information content (AvgIpc) is 3.29. The molecular formula is C18H32N4OS. The number of amides is 1. The Bertz CT molecular complexity index is 495. The fraction of sp³-hybridized carbons (Fsp3) is 0.889. The molecule has 2 saturated heterocycles. The quantitative estimate of drug-likeness (QED) is 0.757. The zero-order valence-electron chi connectivity index (χ0n) is 15.5. The first-order valence-corrected chi connectivity index (χ1v) is 9.88. The molecule has 1 saturated carbocycles. The molecule has 2 N–H and O–H groups in total. The molecule has 24 heavy (non-hydrogen) atoms. The number of nitrogens with one attached hydrogen (secondary N) is 2. The first-order chi connectivity index (χ1) is 11.3. The van der Waals surface area contributed by atoms with Crippen molar-refractivity contribution < 1.29 is 4.79 Å². The molecule has 0 bridgehead atoms. The van der Waals surface area contributed by atoms with E-state index in [0.29, 0.717) is 17.9 Å². The van der Waals surface area contributed by atoms with E-state index in [2.05, 4.69) is 48.1 Å². The van der Waals surface area contributed by atoms with Crippen molar-refractivity contribution in [3.63, 3.8) is 0 Å². The van der Waals surface area contributed by atoms with Crippen LogP contribution >= 0.6 is 12.2 Å². The summed E-state index contributed by atoms with van der Waals surface area (Å²) in [5, 5.41) is 7.91. The lowest BCUT2D eigenvalue weighted by atomic mass is 9.95. The van der Waals surface area contributed by atoms with Crippen LogP contribution in [0.25, 0.3) is 0 Å². The zero-order valence-corrected chi connectivity index (χ0v) is 16.3. The van der Waals surface area contributed by atoms with Gasteiger partial charge in [-0.25, -0.2) is 0 Å². The number of piperidine rings is 1. The Hall–Kier alpha value is -0.880. The normalized spacial score (nSPS) is 26.8. The van der Waals surface area contributed by atoms with Crippen LogP contribution in [0.3, 0.4) is 0 Å². The van der Waals surface area contributed by atoms with Gasteiger partial charge < -0.3 is 15.1 Å². The molecule has 0 aromatic heterocycles. The van der Waals surface area contributed by atoms with Gasteiger partial charge in [-0.05, 0) is 50.7 Å². The summed E-state index contributed by atoms with van der Waals surface area (Å²) in [6.07, 6.45) is 4.46. The minimum atomic E-state index is -0.154. The van der Waals surface area contributed by atoms with Crippen LogP contribution in [-0.2, 0) is 4.79 Å². The van der Waals surface area contributed by atoms with Gasteiger partial charge in [-0.2, -0.15) is 0 Å². The molecule has 1 spiro atoms. The first kappa shape index (κ1) is 17.9. The van der Waals surface area contributed by atoms with Crippen LogP contribution in [0, 0.1) is 11.8 Å². The summed E-state index contributed by atoms with van der Waals surface area (Å²) in [5.74, 6) is 1.37. The molecule has 5 nitrogen and oxygen atoms in total. The Kier molecular flexibility index (Phi) is 5.07. The molecule has 3 fully saturated rings. The van der Waals surface area contributed by atoms with Gasteiger partial charge in [0.2, 0.25) is 5.91 Å². The van der Waals surface area contributed by atoms with E-state index in [4.69, 9.17) is 12.2 Å². The van der Waals surface area contributed by atoms with Gasteiger partial charge in [0.1, 0.15) is 0 Å². The number of hydrogen-bond acceptors (Lipinski definition) is 3. The van der Waals surface area contributed by atoms with Crippen LogP contribution in [0.2, 0.25) is 0 Å². The Balaban J connectivity index is 1.69. The third-order valence-corrected chi connectivity index (χ3v) is 5.94. The van der Waals surface area contributed by atoms with Gasteiger partial charge in [0.25, 0.3) is 0 Å². The maximum absolute atomic E-state index is 13.0. The number of carbonyl (C=O) groups is 1. The Morgan fingerprint density at radius 2 is 1.92 bits per heavy atom. The Labute approximate surface area is 151 Å². The number of hydrogen-bond donors (Lipinski definition) is 2. The molecule has 6 heteroatoms. The summed E-state index contributed by atoms with van der Waals surface area (Å²) in [4.78, 5) is 17.4. The summed E-state index contributed by atoms with van der Waals surface area (Å²) in [5.41, 5.74) is -0.154. The van der Waals surface area contributed by atoms with Gasteiger partial charge in [-0.1, -0.05) is 13.8 Å². The SMILES string of the molecule is CC(C)NC(=S)N1CCC2(CC1)NC(C(C)C)C(=O)N2CC1CC1. The highest BCUT2D eigenvalue weighted by Crippen LogP contribution is 2.39. The molecule has 1 aliphatic carbocycles. The maximum Gasteiger partial charge on any atom is 0.241 e. The number of likely N-dealkylation sites (tertiary alicyclic amines) is 1. The first-order valence-electron chi connectivity index (χ1n) is 9.47. The van der Waals surface area contributed by atoms with E-state index in [9.17, 15) is 4.79 Å². The van der Waals surface area contributed by atoms with Crippen molar-refractivity contribution in [3.8, 4) is 0 Å². The summed E-state index contributed by atoms with van der Waals surface area (Å²) >= 11 is 5.52. The molecule has 2 heterocycles. The van der Waals surface area contributed by atoms with E-state index in [1.165, 1.54) is 12.8 Å². The van der Waals surface area contributed by atoms with Crippen molar-refractivity contribution in [1.82, 2.24) is 20.4 Å². The van der Waals surface area contributed by atoms with Gasteiger partial charge >= 0.3 is 0 Å². The molecule has 0 radical (unpaired) electrons. The van der Waals surface area contributed by atoms with Crippen molar-refractivity contribution in [3.05, 3.63) is 0 Å². The third kappa shape index (κ3) is 3.54. The van der Waals surface area contributed by atoms with E-state index in [0.717, 1.165) is 43.5 Å². The van der Waals surface area contributed by atoms with Gasteiger partial charge in [-0.15, -0.1) is 0 Å².